The summed E-state index contributed by atoms with van der Waals surface area (Å²) in [5, 5.41) is 3.28. The predicted molar refractivity (Wildman–Crippen MR) is 46.6 cm³/mol. The van der Waals surface area contributed by atoms with E-state index in [1.807, 2.05) is 0 Å². The standard InChI is InChI=1S/C9H17NO/c1-7(2)8(3)9-6-10-4-5-11-9/h7,9-10H,3-6H2,1-2H3. The van der Waals surface area contributed by atoms with Crippen LogP contribution in [0.4, 0.5) is 0 Å². The lowest BCUT2D eigenvalue weighted by Gasteiger charge is -2.27. The first-order chi connectivity index (χ1) is 5.22. The smallest absolute Gasteiger partial charge is 0.0909 e. The Morgan fingerprint density at radius 3 is 2.82 bits per heavy atom. The molecule has 0 bridgehead atoms. The third kappa shape index (κ3) is 2.31. The van der Waals surface area contributed by atoms with Crippen molar-refractivity contribution in [1.29, 1.82) is 0 Å². The number of hydrogen-bond acceptors (Lipinski definition) is 2. The summed E-state index contributed by atoms with van der Waals surface area (Å²) in [4.78, 5) is 0. The summed E-state index contributed by atoms with van der Waals surface area (Å²) in [5.41, 5.74) is 1.21. The minimum atomic E-state index is 0.240. The first kappa shape index (κ1) is 8.75. The van der Waals surface area contributed by atoms with Crippen molar-refractivity contribution in [3.8, 4) is 0 Å². The van der Waals surface area contributed by atoms with Gasteiger partial charge in [0.2, 0.25) is 0 Å². The van der Waals surface area contributed by atoms with Crippen LogP contribution in [-0.4, -0.2) is 25.8 Å². The fraction of sp³-hybridized carbons (Fsp3) is 0.778. The van der Waals surface area contributed by atoms with E-state index in [9.17, 15) is 0 Å². The highest BCUT2D eigenvalue weighted by Gasteiger charge is 2.17. The van der Waals surface area contributed by atoms with E-state index in [0.717, 1.165) is 19.7 Å². The van der Waals surface area contributed by atoms with Gasteiger partial charge in [0.05, 0.1) is 12.7 Å². The predicted octanol–water partition coefficient (Wildman–Crippen LogP) is 1.19. The molecule has 64 valence electrons. The van der Waals surface area contributed by atoms with Gasteiger partial charge < -0.3 is 10.1 Å². The highest BCUT2D eigenvalue weighted by atomic mass is 16.5. The number of ether oxygens (including phenoxy) is 1. The molecular formula is C9H17NO. The van der Waals surface area contributed by atoms with Gasteiger partial charge in [-0.1, -0.05) is 20.4 Å². The number of nitrogens with one attached hydrogen (secondary N) is 1. The average molecular weight is 155 g/mol. The van der Waals surface area contributed by atoms with Crippen LogP contribution in [0.3, 0.4) is 0 Å². The van der Waals surface area contributed by atoms with Gasteiger partial charge in [0.15, 0.2) is 0 Å². The first-order valence-electron chi connectivity index (χ1n) is 4.23. The molecule has 0 aliphatic carbocycles. The molecule has 0 spiro atoms. The summed E-state index contributed by atoms with van der Waals surface area (Å²) in [6, 6.07) is 0. The van der Waals surface area contributed by atoms with Gasteiger partial charge in [0, 0.05) is 13.1 Å². The van der Waals surface area contributed by atoms with Crippen molar-refractivity contribution < 1.29 is 4.74 Å². The Morgan fingerprint density at radius 1 is 1.64 bits per heavy atom. The maximum Gasteiger partial charge on any atom is 0.0909 e. The van der Waals surface area contributed by atoms with E-state index in [1.165, 1.54) is 5.57 Å². The van der Waals surface area contributed by atoms with Crippen molar-refractivity contribution in [2.45, 2.75) is 20.0 Å². The van der Waals surface area contributed by atoms with Crippen LogP contribution in [0, 0.1) is 5.92 Å². The highest BCUT2D eigenvalue weighted by Crippen LogP contribution is 2.15. The second kappa shape index (κ2) is 3.88. The van der Waals surface area contributed by atoms with Crippen LogP contribution < -0.4 is 5.32 Å². The Kier molecular flexibility index (Phi) is 3.09. The van der Waals surface area contributed by atoms with Gasteiger partial charge in [-0.15, -0.1) is 0 Å². The van der Waals surface area contributed by atoms with Gasteiger partial charge in [0.1, 0.15) is 0 Å². The van der Waals surface area contributed by atoms with Gasteiger partial charge in [-0.2, -0.15) is 0 Å². The molecule has 2 nitrogen and oxygen atoms in total. The number of hydrogen-bond donors (Lipinski definition) is 1. The molecule has 11 heavy (non-hydrogen) atoms. The van der Waals surface area contributed by atoms with Crippen molar-refractivity contribution in [2.24, 2.45) is 5.92 Å². The van der Waals surface area contributed by atoms with Crippen LogP contribution >= 0.6 is 0 Å². The summed E-state index contributed by atoms with van der Waals surface area (Å²) >= 11 is 0. The van der Waals surface area contributed by atoms with Crippen molar-refractivity contribution in [2.75, 3.05) is 19.7 Å². The van der Waals surface area contributed by atoms with Crippen LogP contribution in [-0.2, 0) is 4.74 Å². The molecule has 1 unspecified atom stereocenters. The van der Waals surface area contributed by atoms with Crippen LogP contribution in [0.2, 0.25) is 0 Å². The van der Waals surface area contributed by atoms with Gasteiger partial charge in [-0.3, -0.25) is 0 Å². The van der Waals surface area contributed by atoms with E-state index in [-0.39, 0.29) is 6.10 Å². The summed E-state index contributed by atoms with van der Waals surface area (Å²) < 4.78 is 5.54. The molecule has 1 saturated heterocycles. The Labute approximate surface area is 68.6 Å². The fourth-order valence-electron chi connectivity index (χ4n) is 1.18. The number of morpholine rings is 1. The van der Waals surface area contributed by atoms with E-state index < -0.39 is 0 Å². The minimum Gasteiger partial charge on any atom is -0.371 e. The summed E-state index contributed by atoms with van der Waals surface area (Å²) in [6.07, 6.45) is 0.240. The molecule has 0 amide bonds. The molecule has 1 aliphatic rings. The summed E-state index contributed by atoms with van der Waals surface area (Å²) in [5.74, 6) is 0.528. The lowest BCUT2D eigenvalue weighted by atomic mass is 9.99. The fourth-order valence-corrected chi connectivity index (χ4v) is 1.18. The lowest BCUT2D eigenvalue weighted by molar-refractivity contribution is 0.0471. The zero-order valence-corrected chi connectivity index (χ0v) is 7.39. The van der Waals surface area contributed by atoms with E-state index in [1.54, 1.807) is 0 Å². The van der Waals surface area contributed by atoms with Crippen LogP contribution in [0.5, 0.6) is 0 Å². The molecule has 2 heteroatoms. The van der Waals surface area contributed by atoms with Crippen LogP contribution in [0.15, 0.2) is 12.2 Å². The molecule has 0 radical (unpaired) electrons. The maximum absolute atomic E-state index is 5.54. The SMILES string of the molecule is C=C(C(C)C)C1CNCCO1. The van der Waals surface area contributed by atoms with Crippen LogP contribution in [0.1, 0.15) is 13.8 Å². The quantitative estimate of drug-likeness (QED) is 0.605. The van der Waals surface area contributed by atoms with Crippen molar-refractivity contribution in [3.05, 3.63) is 12.2 Å². The van der Waals surface area contributed by atoms with Crippen molar-refractivity contribution in [1.82, 2.24) is 5.32 Å². The largest absolute Gasteiger partial charge is 0.371 e. The van der Waals surface area contributed by atoms with Gasteiger partial charge in [0.25, 0.3) is 0 Å². The molecule has 1 N–H and O–H groups in total. The second-order valence-electron chi connectivity index (χ2n) is 3.29. The zero-order chi connectivity index (χ0) is 8.27. The van der Waals surface area contributed by atoms with Gasteiger partial charge in [-0.05, 0) is 11.5 Å². The molecular weight excluding hydrogens is 138 g/mol. The van der Waals surface area contributed by atoms with E-state index in [4.69, 9.17) is 4.74 Å². The van der Waals surface area contributed by atoms with Gasteiger partial charge >= 0.3 is 0 Å². The topological polar surface area (TPSA) is 21.3 Å². The Balaban J connectivity index is 2.39. The Morgan fingerprint density at radius 2 is 2.36 bits per heavy atom. The van der Waals surface area contributed by atoms with Crippen molar-refractivity contribution >= 4 is 0 Å². The minimum absolute atomic E-state index is 0.240. The average Bonchev–Trinajstić information content (AvgIpc) is 2.05. The zero-order valence-electron chi connectivity index (χ0n) is 7.39. The second-order valence-corrected chi connectivity index (χ2v) is 3.29. The molecule has 1 heterocycles. The molecule has 0 aromatic carbocycles. The maximum atomic E-state index is 5.54. The third-order valence-electron chi connectivity index (χ3n) is 2.08. The van der Waals surface area contributed by atoms with Crippen molar-refractivity contribution in [3.63, 3.8) is 0 Å². The molecule has 0 saturated carbocycles. The molecule has 1 aliphatic heterocycles. The number of rotatable bonds is 2. The normalized spacial score (nSPS) is 25.5. The summed E-state index contributed by atoms with van der Waals surface area (Å²) in [6.45, 7) is 11.0. The van der Waals surface area contributed by atoms with E-state index in [0.29, 0.717) is 5.92 Å². The molecule has 1 fully saturated rings. The Bertz CT molecular complexity index is 136. The highest BCUT2D eigenvalue weighted by molar-refractivity contribution is 5.06. The monoisotopic (exact) mass is 155 g/mol. The lowest BCUT2D eigenvalue weighted by Crippen LogP contribution is -2.40. The van der Waals surface area contributed by atoms with Gasteiger partial charge in [-0.25, -0.2) is 0 Å². The molecule has 0 aromatic heterocycles. The Hall–Kier alpha value is -0.340. The van der Waals surface area contributed by atoms with E-state index in [2.05, 4.69) is 25.7 Å². The van der Waals surface area contributed by atoms with Crippen LogP contribution in [0.25, 0.3) is 0 Å². The molecule has 1 rings (SSSR count). The summed E-state index contributed by atoms with van der Waals surface area (Å²) in [7, 11) is 0. The molecule has 0 aromatic rings. The first-order valence-corrected chi connectivity index (χ1v) is 4.23. The third-order valence-corrected chi connectivity index (χ3v) is 2.08. The molecule has 1 atom stereocenters. The van der Waals surface area contributed by atoms with E-state index >= 15 is 0 Å².